The van der Waals surface area contributed by atoms with E-state index < -0.39 is 12.5 Å². The molecule has 0 spiro atoms. The van der Waals surface area contributed by atoms with E-state index in [1.54, 1.807) is 41.6 Å². The number of benzene rings is 1. The lowest BCUT2D eigenvalue weighted by Crippen LogP contribution is -2.50. The minimum Gasteiger partial charge on any atom is -0.480 e. The smallest absolute Gasteiger partial charge is 0.323 e. The molecule has 3 amide bonds. The summed E-state index contributed by atoms with van der Waals surface area (Å²) in [6.07, 6.45) is 3.50. The van der Waals surface area contributed by atoms with E-state index in [1.807, 2.05) is 12.1 Å². The van der Waals surface area contributed by atoms with Gasteiger partial charge >= 0.3 is 12.0 Å². The standard InChI is InChI=1S/C20H23N5O4/c1-15(26)25(14-19(27)28)18-4-2-16(3-5-18)22-20(29)24-12-10-23(11-13-24)17-6-8-21-9-7-17/h2-9H,10-14H2,1H3,(H,22,29)(H,27,28). The molecule has 0 radical (unpaired) electrons. The van der Waals surface area contributed by atoms with Crippen LogP contribution in [0.5, 0.6) is 0 Å². The summed E-state index contributed by atoms with van der Waals surface area (Å²) >= 11 is 0. The highest BCUT2D eigenvalue weighted by Crippen LogP contribution is 2.19. The van der Waals surface area contributed by atoms with E-state index >= 15 is 0 Å². The Kier molecular flexibility index (Phi) is 6.28. The number of anilines is 3. The molecule has 9 heteroatoms. The molecule has 3 rings (SSSR count). The number of amides is 3. The van der Waals surface area contributed by atoms with Crippen molar-refractivity contribution in [3.8, 4) is 0 Å². The fraction of sp³-hybridized carbons (Fsp3) is 0.300. The lowest BCUT2D eigenvalue weighted by atomic mass is 10.2. The third kappa shape index (κ3) is 5.22. The van der Waals surface area contributed by atoms with Crippen LogP contribution >= 0.6 is 0 Å². The molecule has 0 aliphatic carbocycles. The average molecular weight is 397 g/mol. The maximum Gasteiger partial charge on any atom is 0.323 e. The summed E-state index contributed by atoms with van der Waals surface area (Å²) in [4.78, 5) is 44.2. The van der Waals surface area contributed by atoms with Gasteiger partial charge in [-0.15, -0.1) is 0 Å². The van der Waals surface area contributed by atoms with Gasteiger partial charge in [-0.25, -0.2) is 4.79 Å². The van der Waals surface area contributed by atoms with Gasteiger partial charge in [-0.05, 0) is 36.4 Å². The van der Waals surface area contributed by atoms with Gasteiger partial charge < -0.3 is 25.1 Å². The van der Waals surface area contributed by atoms with Crippen LogP contribution in [0.3, 0.4) is 0 Å². The van der Waals surface area contributed by atoms with Gasteiger partial charge in [0.25, 0.3) is 0 Å². The Morgan fingerprint density at radius 2 is 1.66 bits per heavy atom. The quantitative estimate of drug-likeness (QED) is 0.798. The highest BCUT2D eigenvalue weighted by atomic mass is 16.4. The van der Waals surface area contributed by atoms with Crippen LogP contribution in [0.2, 0.25) is 0 Å². The first-order valence-corrected chi connectivity index (χ1v) is 9.25. The maximum absolute atomic E-state index is 12.5. The minimum absolute atomic E-state index is 0.193. The second-order valence-corrected chi connectivity index (χ2v) is 6.66. The van der Waals surface area contributed by atoms with Crippen LogP contribution in [0.4, 0.5) is 21.9 Å². The number of hydrogen-bond acceptors (Lipinski definition) is 5. The van der Waals surface area contributed by atoms with Gasteiger partial charge in [0.15, 0.2) is 0 Å². The molecule has 1 fully saturated rings. The van der Waals surface area contributed by atoms with Crippen LogP contribution in [0, 0.1) is 0 Å². The van der Waals surface area contributed by atoms with Crippen molar-refractivity contribution in [1.82, 2.24) is 9.88 Å². The second-order valence-electron chi connectivity index (χ2n) is 6.66. The first kappa shape index (κ1) is 20.1. The van der Waals surface area contributed by atoms with Crippen LogP contribution in [0.15, 0.2) is 48.8 Å². The zero-order valence-electron chi connectivity index (χ0n) is 16.1. The van der Waals surface area contributed by atoms with Crippen LogP contribution in [0.1, 0.15) is 6.92 Å². The molecule has 2 heterocycles. The summed E-state index contributed by atoms with van der Waals surface area (Å²) in [5, 5.41) is 11.8. The number of carbonyl (C=O) groups excluding carboxylic acids is 2. The number of carboxylic acid groups (broad SMARTS) is 1. The topological polar surface area (TPSA) is 106 Å². The summed E-state index contributed by atoms with van der Waals surface area (Å²) < 4.78 is 0. The Morgan fingerprint density at radius 3 is 2.21 bits per heavy atom. The van der Waals surface area contributed by atoms with E-state index in [4.69, 9.17) is 5.11 Å². The molecule has 0 bridgehead atoms. The predicted octanol–water partition coefficient (Wildman–Crippen LogP) is 1.87. The second kappa shape index (κ2) is 9.05. The van der Waals surface area contributed by atoms with Crippen LogP contribution in [-0.4, -0.2) is 65.6 Å². The van der Waals surface area contributed by atoms with Crippen molar-refractivity contribution in [1.29, 1.82) is 0 Å². The van der Waals surface area contributed by atoms with Gasteiger partial charge in [-0.1, -0.05) is 0 Å². The van der Waals surface area contributed by atoms with Gasteiger partial charge in [-0.2, -0.15) is 0 Å². The van der Waals surface area contributed by atoms with Crippen molar-refractivity contribution >= 4 is 35.0 Å². The molecule has 1 aromatic carbocycles. The molecule has 0 unspecified atom stereocenters. The summed E-state index contributed by atoms with van der Waals surface area (Å²) in [6, 6.07) is 10.2. The molecule has 1 aliphatic heterocycles. The molecule has 1 aliphatic rings. The number of hydrogen-bond donors (Lipinski definition) is 2. The van der Waals surface area contributed by atoms with Crippen molar-refractivity contribution in [2.24, 2.45) is 0 Å². The zero-order chi connectivity index (χ0) is 20.8. The summed E-state index contributed by atoms with van der Waals surface area (Å²) in [5.41, 5.74) is 2.13. The Morgan fingerprint density at radius 1 is 1.03 bits per heavy atom. The van der Waals surface area contributed by atoms with E-state index in [2.05, 4.69) is 15.2 Å². The SMILES string of the molecule is CC(=O)N(CC(=O)O)c1ccc(NC(=O)N2CCN(c3ccncc3)CC2)cc1. The fourth-order valence-corrected chi connectivity index (χ4v) is 3.17. The molecule has 0 saturated carbocycles. The molecule has 29 heavy (non-hydrogen) atoms. The number of aromatic nitrogens is 1. The molecule has 1 saturated heterocycles. The molecule has 0 atom stereocenters. The molecule has 1 aromatic heterocycles. The normalized spacial score (nSPS) is 13.7. The molecule has 152 valence electrons. The summed E-state index contributed by atoms with van der Waals surface area (Å²) in [6.45, 7) is 3.57. The first-order valence-electron chi connectivity index (χ1n) is 9.25. The number of piperazine rings is 1. The molecular formula is C20H23N5O4. The molecule has 9 nitrogen and oxygen atoms in total. The van der Waals surface area contributed by atoms with Gasteiger partial charge in [-0.3, -0.25) is 14.6 Å². The highest BCUT2D eigenvalue weighted by molar-refractivity contribution is 5.96. The van der Waals surface area contributed by atoms with Crippen molar-refractivity contribution < 1.29 is 19.5 Å². The Balaban J connectivity index is 1.56. The first-order chi connectivity index (χ1) is 13.9. The number of aliphatic carboxylic acids is 1. The lowest BCUT2D eigenvalue weighted by Gasteiger charge is -2.36. The van der Waals surface area contributed by atoms with Gasteiger partial charge in [0.1, 0.15) is 6.54 Å². The number of nitrogens with one attached hydrogen (secondary N) is 1. The maximum atomic E-state index is 12.5. The highest BCUT2D eigenvalue weighted by Gasteiger charge is 2.21. The number of rotatable bonds is 5. The average Bonchev–Trinajstić information content (AvgIpc) is 2.73. The molecular weight excluding hydrogens is 374 g/mol. The van der Waals surface area contributed by atoms with Crippen molar-refractivity contribution in [3.05, 3.63) is 48.8 Å². The summed E-state index contributed by atoms with van der Waals surface area (Å²) in [7, 11) is 0. The molecule has 2 N–H and O–H groups in total. The monoisotopic (exact) mass is 397 g/mol. The largest absolute Gasteiger partial charge is 0.480 e. The van der Waals surface area contributed by atoms with Crippen molar-refractivity contribution in [2.75, 3.05) is 47.8 Å². The zero-order valence-corrected chi connectivity index (χ0v) is 16.1. The van der Waals surface area contributed by atoms with Crippen LogP contribution in [0.25, 0.3) is 0 Å². The lowest BCUT2D eigenvalue weighted by molar-refractivity contribution is -0.136. The number of carbonyl (C=O) groups is 3. The Bertz CT molecular complexity index is 864. The van der Waals surface area contributed by atoms with E-state index in [9.17, 15) is 14.4 Å². The van der Waals surface area contributed by atoms with Crippen molar-refractivity contribution in [3.63, 3.8) is 0 Å². The Hall–Kier alpha value is -3.62. The number of nitrogens with zero attached hydrogens (tertiary/aromatic N) is 4. The number of urea groups is 1. The van der Waals surface area contributed by atoms with E-state index in [0.29, 0.717) is 24.5 Å². The van der Waals surface area contributed by atoms with Gasteiger partial charge in [0.05, 0.1) is 0 Å². The number of pyridine rings is 1. The third-order valence-electron chi connectivity index (χ3n) is 4.70. The molecule has 2 aromatic rings. The van der Waals surface area contributed by atoms with Crippen LogP contribution < -0.4 is 15.1 Å². The van der Waals surface area contributed by atoms with E-state index in [-0.39, 0.29) is 11.9 Å². The van der Waals surface area contributed by atoms with Crippen molar-refractivity contribution in [2.45, 2.75) is 6.92 Å². The van der Waals surface area contributed by atoms with Gasteiger partial charge in [0.2, 0.25) is 5.91 Å². The Labute approximate surface area is 168 Å². The number of carboxylic acids is 1. The minimum atomic E-state index is -1.09. The van der Waals surface area contributed by atoms with Crippen LogP contribution in [-0.2, 0) is 9.59 Å². The van der Waals surface area contributed by atoms with E-state index in [1.165, 1.54) is 6.92 Å². The van der Waals surface area contributed by atoms with E-state index in [0.717, 1.165) is 23.7 Å². The third-order valence-corrected chi connectivity index (χ3v) is 4.70. The predicted molar refractivity (Wildman–Crippen MR) is 109 cm³/mol. The van der Waals surface area contributed by atoms with Gasteiger partial charge in [0, 0.05) is 62.6 Å². The fourth-order valence-electron chi connectivity index (χ4n) is 3.17. The summed E-state index contributed by atoms with van der Waals surface area (Å²) in [5.74, 6) is -1.46.